The Labute approximate surface area is 106 Å². The second-order valence-electron chi connectivity index (χ2n) is 2.73. The molecular weight excluding hydrogens is 379 g/mol. The summed E-state index contributed by atoms with van der Waals surface area (Å²) in [5.41, 5.74) is 0.340. The van der Waals surface area contributed by atoms with Gasteiger partial charge in [-0.3, -0.25) is 0 Å². The van der Waals surface area contributed by atoms with Crippen molar-refractivity contribution >= 4 is 65.9 Å². The number of benzene rings is 1. The summed E-state index contributed by atoms with van der Waals surface area (Å²) in [5.74, 6) is -0.882. The second kappa shape index (κ2) is 3.79. The third kappa shape index (κ3) is 1.80. The van der Waals surface area contributed by atoms with Gasteiger partial charge in [0.1, 0.15) is 0 Å². The first-order valence-corrected chi connectivity index (χ1v) is 6.38. The van der Waals surface area contributed by atoms with Gasteiger partial charge in [0.15, 0.2) is 0 Å². The van der Waals surface area contributed by atoms with Crippen molar-refractivity contribution in [2.75, 3.05) is 0 Å². The number of carboxylic acids is 1. The standard InChI is InChI=1S/C9H4BrIO2S/c10-7-3-4-1-5(9(12)13)2-6(11)8(4)14-7/h1-3H,(H,12,13). The molecule has 1 aromatic heterocycles. The van der Waals surface area contributed by atoms with Crippen molar-refractivity contribution in [3.63, 3.8) is 0 Å². The molecule has 2 rings (SSSR count). The summed E-state index contributed by atoms with van der Waals surface area (Å²) in [5, 5.41) is 9.84. The third-order valence-corrected chi connectivity index (χ3v) is 4.69. The summed E-state index contributed by atoms with van der Waals surface area (Å²) in [7, 11) is 0. The van der Waals surface area contributed by atoms with E-state index < -0.39 is 5.97 Å². The SMILES string of the molecule is O=C(O)c1cc(I)c2sc(Br)cc2c1. The van der Waals surface area contributed by atoms with Gasteiger partial charge in [-0.15, -0.1) is 11.3 Å². The second-order valence-corrected chi connectivity index (χ2v) is 6.33. The van der Waals surface area contributed by atoms with Gasteiger partial charge in [0.25, 0.3) is 0 Å². The summed E-state index contributed by atoms with van der Waals surface area (Å²) < 4.78 is 3.13. The van der Waals surface area contributed by atoms with Crippen LogP contribution < -0.4 is 0 Å². The first kappa shape index (κ1) is 10.4. The zero-order chi connectivity index (χ0) is 10.3. The maximum atomic E-state index is 10.8. The third-order valence-electron chi connectivity index (χ3n) is 1.79. The first-order chi connectivity index (χ1) is 6.58. The Hall–Kier alpha value is -0.140. The summed E-state index contributed by atoms with van der Waals surface area (Å²) in [4.78, 5) is 10.8. The average Bonchev–Trinajstić information content (AvgIpc) is 2.45. The Bertz CT molecular complexity index is 521. The van der Waals surface area contributed by atoms with E-state index in [1.807, 2.05) is 6.07 Å². The highest BCUT2D eigenvalue weighted by Gasteiger charge is 2.09. The molecule has 0 spiro atoms. The molecule has 0 unspecified atom stereocenters. The lowest BCUT2D eigenvalue weighted by Gasteiger charge is -1.97. The van der Waals surface area contributed by atoms with Gasteiger partial charge < -0.3 is 5.11 Å². The first-order valence-electron chi connectivity index (χ1n) is 3.70. The van der Waals surface area contributed by atoms with E-state index in [4.69, 9.17) is 5.11 Å². The minimum Gasteiger partial charge on any atom is -0.478 e. The summed E-state index contributed by atoms with van der Waals surface area (Å²) in [6, 6.07) is 5.32. The zero-order valence-electron chi connectivity index (χ0n) is 6.75. The molecule has 1 aromatic carbocycles. The molecule has 2 nitrogen and oxygen atoms in total. The van der Waals surface area contributed by atoms with Crippen LogP contribution in [0.5, 0.6) is 0 Å². The average molecular weight is 383 g/mol. The lowest BCUT2D eigenvalue weighted by molar-refractivity contribution is 0.0697. The molecule has 0 aliphatic heterocycles. The quantitative estimate of drug-likeness (QED) is 0.758. The Morgan fingerprint density at radius 3 is 2.79 bits per heavy atom. The largest absolute Gasteiger partial charge is 0.478 e. The van der Waals surface area contributed by atoms with E-state index >= 15 is 0 Å². The van der Waals surface area contributed by atoms with E-state index in [-0.39, 0.29) is 0 Å². The van der Waals surface area contributed by atoms with Gasteiger partial charge in [0.05, 0.1) is 9.35 Å². The fourth-order valence-electron chi connectivity index (χ4n) is 1.20. The van der Waals surface area contributed by atoms with Crippen LogP contribution >= 0.6 is 49.9 Å². The van der Waals surface area contributed by atoms with Gasteiger partial charge in [0.2, 0.25) is 0 Å². The summed E-state index contributed by atoms with van der Waals surface area (Å²) in [6.45, 7) is 0. The fraction of sp³-hybridized carbons (Fsp3) is 0. The van der Waals surface area contributed by atoms with Crippen molar-refractivity contribution in [1.29, 1.82) is 0 Å². The number of halogens is 2. The predicted molar refractivity (Wildman–Crippen MR) is 69.2 cm³/mol. The Morgan fingerprint density at radius 1 is 1.43 bits per heavy atom. The zero-order valence-corrected chi connectivity index (χ0v) is 11.3. The molecule has 5 heteroatoms. The molecule has 0 fully saturated rings. The maximum absolute atomic E-state index is 10.8. The Morgan fingerprint density at radius 2 is 2.14 bits per heavy atom. The van der Waals surface area contributed by atoms with Crippen molar-refractivity contribution in [3.05, 3.63) is 31.1 Å². The van der Waals surface area contributed by atoms with Gasteiger partial charge >= 0.3 is 5.97 Å². The van der Waals surface area contributed by atoms with Crippen LogP contribution in [0.25, 0.3) is 10.1 Å². The normalized spacial score (nSPS) is 10.7. The van der Waals surface area contributed by atoms with Crippen LogP contribution in [0.15, 0.2) is 22.0 Å². The smallest absolute Gasteiger partial charge is 0.335 e. The molecule has 0 aliphatic rings. The molecule has 0 saturated heterocycles. The molecule has 0 bridgehead atoms. The summed E-state index contributed by atoms with van der Waals surface area (Å²) >= 11 is 7.16. The van der Waals surface area contributed by atoms with Crippen molar-refractivity contribution < 1.29 is 9.90 Å². The molecule has 0 aliphatic carbocycles. The molecular formula is C9H4BrIO2S. The number of thiophene rings is 1. The minimum absolute atomic E-state index is 0.340. The number of carbonyl (C=O) groups is 1. The van der Waals surface area contributed by atoms with Crippen LogP contribution in [0, 0.1) is 3.57 Å². The number of aromatic carboxylic acids is 1. The topological polar surface area (TPSA) is 37.3 Å². The highest BCUT2D eigenvalue weighted by atomic mass is 127. The van der Waals surface area contributed by atoms with Crippen LogP contribution in [-0.4, -0.2) is 11.1 Å². The van der Waals surface area contributed by atoms with Crippen molar-refractivity contribution in [2.45, 2.75) is 0 Å². The highest BCUT2D eigenvalue weighted by Crippen LogP contribution is 2.33. The molecule has 14 heavy (non-hydrogen) atoms. The van der Waals surface area contributed by atoms with E-state index in [0.29, 0.717) is 5.56 Å². The van der Waals surface area contributed by atoms with Crippen LogP contribution in [-0.2, 0) is 0 Å². The van der Waals surface area contributed by atoms with E-state index in [2.05, 4.69) is 38.5 Å². The molecule has 72 valence electrons. The van der Waals surface area contributed by atoms with Gasteiger partial charge in [-0.25, -0.2) is 4.79 Å². The minimum atomic E-state index is -0.882. The maximum Gasteiger partial charge on any atom is 0.335 e. The monoisotopic (exact) mass is 382 g/mol. The number of carboxylic acid groups (broad SMARTS) is 1. The van der Waals surface area contributed by atoms with Crippen LogP contribution in [0.1, 0.15) is 10.4 Å². The molecule has 0 radical (unpaired) electrons. The van der Waals surface area contributed by atoms with E-state index in [9.17, 15) is 4.79 Å². The van der Waals surface area contributed by atoms with E-state index in [0.717, 1.165) is 17.4 Å². The van der Waals surface area contributed by atoms with Crippen LogP contribution in [0.4, 0.5) is 0 Å². The summed E-state index contributed by atoms with van der Waals surface area (Å²) in [6.07, 6.45) is 0. The van der Waals surface area contributed by atoms with Crippen molar-refractivity contribution in [3.8, 4) is 0 Å². The molecule has 1 N–H and O–H groups in total. The lowest BCUT2D eigenvalue weighted by atomic mass is 10.2. The molecule has 0 atom stereocenters. The molecule has 0 amide bonds. The number of hydrogen-bond donors (Lipinski definition) is 1. The number of fused-ring (bicyclic) bond motifs is 1. The lowest BCUT2D eigenvalue weighted by Crippen LogP contribution is -1.95. The van der Waals surface area contributed by atoms with Crippen LogP contribution in [0.2, 0.25) is 0 Å². The molecule has 0 saturated carbocycles. The molecule has 1 heterocycles. The van der Waals surface area contributed by atoms with Gasteiger partial charge in [0, 0.05) is 8.27 Å². The van der Waals surface area contributed by atoms with Crippen molar-refractivity contribution in [2.24, 2.45) is 0 Å². The van der Waals surface area contributed by atoms with Crippen molar-refractivity contribution in [1.82, 2.24) is 0 Å². The van der Waals surface area contributed by atoms with Gasteiger partial charge in [-0.2, -0.15) is 0 Å². The van der Waals surface area contributed by atoms with Crippen LogP contribution in [0.3, 0.4) is 0 Å². The van der Waals surface area contributed by atoms with E-state index in [1.165, 1.54) is 0 Å². The van der Waals surface area contributed by atoms with Gasteiger partial charge in [-0.1, -0.05) is 0 Å². The highest BCUT2D eigenvalue weighted by molar-refractivity contribution is 14.1. The molecule has 2 aromatic rings. The Balaban J connectivity index is 2.77. The Kier molecular flexibility index (Phi) is 2.81. The fourth-order valence-corrected chi connectivity index (χ4v) is 3.68. The number of rotatable bonds is 1. The predicted octanol–water partition coefficient (Wildman–Crippen LogP) is 3.97. The van der Waals surface area contributed by atoms with E-state index in [1.54, 1.807) is 23.5 Å². The van der Waals surface area contributed by atoms with Gasteiger partial charge in [-0.05, 0) is 62.1 Å². The number of hydrogen-bond acceptors (Lipinski definition) is 2.